The van der Waals surface area contributed by atoms with Crippen LogP contribution in [0.1, 0.15) is 11.1 Å². The lowest BCUT2D eigenvalue weighted by atomic mass is 10.1. The quantitative estimate of drug-likeness (QED) is 0.609. The molecule has 0 aliphatic carbocycles. The number of pyridine rings is 1. The summed E-state index contributed by atoms with van der Waals surface area (Å²) in [4.78, 5) is 14.1. The Balaban J connectivity index is 1.99. The summed E-state index contributed by atoms with van der Waals surface area (Å²) >= 11 is 0. The maximum absolute atomic E-state index is 10.6. The van der Waals surface area contributed by atoms with Crippen LogP contribution in [0.5, 0.6) is 5.88 Å². The van der Waals surface area contributed by atoms with E-state index < -0.39 is 4.92 Å². The van der Waals surface area contributed by atoms with Crippen LogP contribution >= 0.6 is 0 Å². The molecule has 0 unspecified atom stereocenters. The van der Waals surface area contributed by atoms with Gasteiger partial charge in [-0.1, -0.05) is 18.2 Å². The van der Waals surface area contributed by atoms with Crippen LogP contribution in [0.25, 0.3) is 5.70 Å². The van der Waals surface area contributed by atoms with Crippen molar-refractivity contribution in [2.75, 3.05) is 0 Å². The maximum Gasteiger partial charge on any atom is 0.269 e. The molecular weight excluding hydrogens is 244 g/mol. The van der Waals surface area contributed by atoms with Crippen molar-refractivity contribution < 1.29 is 9.66 Å². The Kier molecular flexibility index (Phi) is 3.87. The first-order valence-corrected chi connectivity index (χ1v) is 5.63. The Morgan fingerprint density at radius 2 is 2.00 bits per heavy atom. The summed E-state index contributed by atoms with van der Waals surface area (Å²) in [6.45, 7) is 3.77. The third-order valence-electron chi connectivity index (χ3n) is 2.53. The van der Waals surface area contributed by atoms with Crippen molar-refractivity contribution in [2.24, 2.45) is 0 Å². The molecule has 0 aliphatic heterocycles. The molecule has 0 fully saturated rings. The van der Waals surface area contributed by atoms with Crippen molar-refractivity contribution >= 4 is 5.70 Å². The summed E-state index contributed by atoms with van der Waals surface area (Å²) in [7, 11) is 0. The van der Waals surface area contributed by atoms with E-state index in [-0.39, 0.29) is 5.70 Å². The average Bonchev–Trinajstić information content (AvgIpc) is 2.46. The Morgan fingerprint density at radius 3 is 2.58 bits per heavy atom. The van der Waals surface area contributed by atoms with E-state index in [1.54, 1.807) is 36.5 Å². The molecule has 0 atom stereocenters. The van der Waals surface area contributed by atoms with Crippen LogP contribution in [0.4, 0.5) is 0 Å². The Bertz CT molecular complexity index is 579. The number of hydrogen-bond acceptors (Lipinski definition) is 4. The number of hydrogen-bond donors (Lipinski definition) is 0. The highest BCUT2D eigenvalue weighted by Gasteiger charge is 2.09. The molecule has 96 valence electrons. The highest BCUT2D eigenvalue weighted by Crippen LogP contribution is 2.15. The average molecular weight is 256 g/mol. The standard InChI is InChI=1S/C14H12N2O3/c1-11(16(17)18)13-7-5-12(6-8-13)10-19-14-4-2-3-9-15-14/h2-9H,1,10H2. The molecule has 0 spiro atoms. The van der Waals surface area contributed by atoms with Gasteiger partial charge in [0.1, 0.15) is 6.61 Å². The largest absolute Gasteiger partial charge is 0.473 e. The number of nitrogens with zero attached hydrogens (tertiary/aromatic N) is 2. The Hall–Kier alpha value is -2.69. The molecule has 1 aromatic heterocycles. The Labute approximate surface area is 110 Å². The van der Waals surface area contributed by atoms with Crippen LogP contribution in [0.2, 0.25) is 0 Å². The molecule has 0 bridgehead atoms. The van der Waals surface area contributed by atoms with E-state index in [1.165, 1.54) is 0 Å². The zero-order valence-electron chi connectivity index (χ0n) is 10.2. The normalized spacial score (nSPS) is 9.89. The second-order valence-corrected chi connectivity index (χ2v) is 3.86. The van der Waals surface area contributed by atoms with Crippen molar-refractivity contribution in [3.05, 3.63) is 76.5 Å². The van der Waals surface area contributed by atoms with Crippen LogP contribution in [0.3, 0.4) is 0 Å². The van der Waals surface area contributed by atoms with Crippen LogP contribution in [-0.4, -0.2) is 9.91 Å². The van der Waals surface area contributed by atoms with Crippen LogP contribution < -0.4 is 4.74 Å². The highest BCUT2D eigenvalue weighted by molar-refractivity contribution is 5.56. The SMILES string of the molecule is C=C(c1ccc(COc2ccccn2)cc1)[N+](=O)[O-]. The molecule has 0 amide bonds. The van der Waals surface area contributed by atoms with Gasteiger partial charge in [0, 0.05) is 12.3 Å². The predicted octanol–water partition coefficient (Wildman–Crippen LogP) is 2.91. The van der Waals surface area contributed by atoms with Crippen LogP contribution in [-0.2, 0) is 6.61 Å². The van der Waals surface area contributed by atoms with Crippen molar-refractivity contribution in [3.63, 3.8) is 0 Å². The second-order valence-electron chi connectivity index (χ2n) is 3.86. The zero-order chi connectivity index (χ0) is 13.7. The van der Waals surface area contributed by atoms with E-state index in [9.17, 15) is 10.1 Å². The summed E-state index contributed by atoms with van der Waals surface area (Å²) in [5.41, 5.74) is 1.29. The molecule has 5 heteroatoms. The number of aromatic nitrogens is 1. The fourth-order valence-corrected chi connectivity index (χ4v) is 1.49. The lowest BCUT2D eigenvalue weighted by Crippen LogP contribution is -1.99. The molecule has 1 heterocycles. The van der Waals surface area contributed by atoms with E-state index in [0.717, 1.165) is 5.56 Å². The lowest BCUT2D eigenvalue weighted by molar-refractivity contribution is -0.375. The molecule has 0 saturated heterocycles. The van der Waals surface area contributed by atoms with Gasteiger partial charge in [0.2, 0.25) is 5.88 Å². The van der Waals surface area contributed by atoms with Gasteiger partial charge < -0.3 is 4.74 Å². The maximum atomic E-state index is 10.6. The number of ether oxygens (including phenoxy) is 1. The van der Waals surface area contributed by atoms with Gasteiger partial charge in [-0.05, 0) is 30.3 Å². The highest BCUT2D eigenvalue weighted by atomic mass is 16.6. The van der Waals surface area contributed by atoms with Gasteiger partial charge >= 0.3 is 0 Å². The van der Waals surface area contributed by atoms with Gasteiger partial charge in [-0.15, -0.1) is 0 Å². The van der Waals surface area contributed by atoms with Gasteiger partial charge in [0.05, 0.1) is 10.5 Å². The van der Waals surface area contributed by atoms with E-state index in [0.29, 0.717) is 18.1 Å². The van der Waals surface area contributed by atoms with E-state index in [1.807, 2.05) is 12.1 Å². The fourth-order valence-electron chi connectivity index (χ4n) is 1.49. The smallest absolute Gasteiger partial charge is 0.269 e. The van der Waals surface area contributed by atoms with Crippen LogP contribution in [0, 0.1) is 10.1 Å². The van der Waals surface area contributed by atoms with Crippen LogP contribution in [0.15, 0.2) is 55.2 Å². The molecule has 0 N–H and O–H groups in total. The monoisotopic (exact) mass is 256 g/mol. The zero-order valence-corrected chi connectivity index (χ0v) is 10.2. The molecule has 5 nitrogen and oxygen atoms in total. The third kappa shape index (κ3) is 3.38. The topological polar surface area (TPSA) is 65.3 Å². The summed E-state index contributed by atoms with van der Waals surface area (Å²) in [6.07, 6.45) is 1.65. The number of nitro groups is 1. The minimum absolute atomic E-state index is 0.114. The van der Waals surface area contributed by atoms with E-state index in [2.05, 4.69) is 11.6 Å². The summed E-state index contributed by atoms with van der Waals surface area (Å²) in [5.74, 6) is 0.543. The van der Waals surface area contributed by atoms with Gasteiger partial charge in [-0.25, -0.2) is 4.98 Å². The second kappa shape index (κ2) is 5.77. The summed E-state index contributed by atoms with van der Waals surface area (Å²) in [6, 6.07) is 12.3. The summed E-state index contributed by atoms with van der Waals surface area (Å²) < 4.78 is 5.47. The van der Waals surface area contributed by atoms with Gasteiger partial charge in [-0.2, -0.15) is 0 Å². The van der Waals surface area contributed by atoms with Crippen molar-refractivity contribution in [3.8, 4) is 5.88 Å². The molecule has 1 aromatic carbocycles. The number of benzene rings is 1. The molecular formula is C14H12N2O3. The van der Waals surface area contributed by atoms with Crippen molar-refractivity contribution in [1.29, 1.82) is 0 Å². The first kappa shape index (κ1) is 12.8. The third-order valence-corrected chi connectivity index (χ3v) is 2.53. The number of rotatable bonds is 5. The van der Waals surface area contributed by atoms with Crippen molar-refractivity contribution in [1.82, 2.24) is 4.98 Å². The predicted molar refractivity (Wildman–Crippen MR) is 71.0 cm³/mol. The molecule has 19 heavy (non-hydrogen) atoms. The van der Waals surface area contributed by atoms with Gasteiger partial charge in [0.15, 0.2) is 0 Å². The lowest BCUT2D eigenvalue weighted by Gasteiger charge is -2.05. The van der Waals surface area contributed by atoms with Crippen molar-refractivity contribution in [2.45, 2.75) is 6.61 Å². The fraction of sp³-hybridized carbons (Fsp3) is 0.0714. The first-order chi connectivity index (χ1) is 9.16. The molecule has 2 rings (SSSR count). The Morgan fingerprint density at radius 1 is 1.26 bits per heavy atom. The first-order valence-electron chi connectivity index (χ1n) is 5.63. The molecule has 0 aliphatic rings. The van der Waals surface area contributed by atoms with E-state index in [4.69, 9.17) is 4.74 Å². The molecule has 2 aromatic rings. The van der Waals surface area contributed by atoms with Gasteiger partial charge in [-0.3, -0.25) is 10.1 Å². The van der Waals surface area contributed by atoms with E-state index >= 15 is 0 Å². The minimum Gasteiger partial charge on any atom is -0.473 e. The molecule has 0 saturated carbocycles. The van der Waals surface area contributed by atoms with Gasteiger partial charge in [0.25, 0.3) is 5.70 Å². The minimum atomic E-state index is -0.501. The summed E-state index contributed by atoms with van der Waals surface area (Å²) in [5, 5.41) is 10.6. The molecule has 0 radical (unpaired) electrons.